The highest BCUT2D eigenvalue weighted by atomic mass is 16.6. The Labute approximate surface area is 128 Å². The van der Waals surface area contributed by atoms with E-state index in [1.165, 1.54) is 0 Å². The molecule has 0 aromatic heterocycles. The summed E-state index contributed by atoms with van der Waals surface area (Å²) in [6, 6.07) is 0. The van der Waals surface area contributed by atoms with Gasteiger partial charge in [0.15, 0.2) is 0 Å². The van der Waals surface area contributed by atoms with E-state index < -0.39 is 43.1 Å². The van der Waals surface area contributed by atoms with E-state index in [0.717, 1.165) is 0 Å². The minimum Gasteiger partial charge on any atom is -0.460 e. The predicted octanol–water partition coefficient (Wildman–Crippen LogP) is -1.65. The highest BCUT2D eigenvalue weighted by molar-refractivity contribution is 5.87. The lowest BCUT2D eigenvalue weighted by Gasteiger charge is -2.40. The van der Waals surface area contributed by atoms with Crippen LogP contribution < -0.4 is 0 Å². The zero-order valence-electron chi connectivity index (χ0n) is 12.6. The van der Waals surface area contributed by atoms with Gasteiger partial charge in [-0.05, 0) is 6.92 Å². The first-order valence-corrected chi connectivity index (χ1v) is 7.15. The Hall–Kier alpha value is -1.03. The van der Waals surface area contributed by atoms with Crippen LogP contribution in [-0.2, 0) is 19.0 Å². The van der Waals surface area contributed by atoms with Gasteiger partial charge in [-0.15, -0.1) is 0 Å². The fraction of sp³-hybridized carbons (Fsp3) is 0.786. The molecule has 5 atom stereocenters. The Balaban J connectivity index is 2.50. The molecule has 1 rings (SSSR count). The van der Waals surface area contributed by atoms with Gasteiger partial charge in [-0.3, -0.25) is 0 Å². The van der Waals surface area contributed by atoms with Crippen molar-refractivity contribution in [3.05, 3.63) is 12.2 Å². The molecule has 4 N–H and O–H groups in total. The zero-order valence-corrected chi connectivity index (χ0v) is 12.6. The summed E-state index contributed by atoms with van der Waals surface area (Å²) in [6.07, 6.45) is -6.37. The number of rotatable bonds is 8. The zero-order chi connectivity index (χ0) is 16.7. The molecule has 1 unspecified atom stereocenters. The van der Waals surface area contributed by atoms with Crippen LogP contribution in [0.4, 0.5) is 0 Å². The first-order valence-electron chi connectivity index (χ1n) is 7.15. The minimum absolute atomic E-state index is 0.0563. The second kappa shape index (κ2) is 9.19. The first kappa shape index (κ1) is 19.0. The Morgan fingerprint density at radius 2 is 1.77 bits per heavy atom. The second-order valence-corrected chi connectivity index (χ2v) is 5.01. The van der Waals surface area contributed by atoms with Gasteiger partial charge in [-0.25, -0.2) is 4.79 Å². The monoisotopic (exact) mass is 320 g/mol. The number of hydrogen-bond donors (Lipinski definition) is 4. The molecular formula is C14H24O8. The lowest BCUT2D eigenvalue weighted by atomic mass is 9.92. The molecule has 0 aromatic carbocycles. The van der Waals surface area contributed by atoms with Crippen LogP contribution in [0.1, 0.15) is 13.3 Å². The average molecular weight is 320 g/mol. The molecule has 1 aliphatic rings. The van der Waals surface area contributed by atoms with E-state index in [4.69, 9.17) is 19.3 Å². The molecule has 0 aliphatic carbocycles. The fourth-order valence-electron chi connectivity index (χ4n) is 2.11. The van der Waals surface area contributed by atoms with Crippen LogP contribution in [0.5, 0.6) is 0 Å². The summed E-state index contributed by atoms with van der Waals surface area (Å²) in [7, 11) is 0. The highest BCUT2D eigenvalue weighted by Gasteiger charge is 2.43. The fourth-order valence-corrected chi connectivity index (χ4v) is 2.11. The largest absolute Gasteiger partial charge is 0.460 e. The predicted molar refractivity (Wildman–Crippen MR) is 75.0 cm³/mol. The maximum Gasteiger partial charge on any atom is 0.333 e. The number of carbonyl (C=O) groups excluding carboxylic acids is 1. The number of esters is 1. The van der Waals surface area contributed by atoms with Gasteiger partial charge < -0.3 is 34.6 Å². The Morgan fingerprint density at radius 3 is 2.36 bits per heavy atom. The minimum atomic E-state index is -1.47. The van der Waals surface area contributed by atoms with Crippen LogP contribution in [0, 0.1) is 0 Å². The summed E-state index contributed by atoms with van der Waals surface area (Å²) in [5.74, 6) is -0.656. The number of ether oxygens (including phenoxy) is 3. The van der Waals surface area contributed by atoms with Gasteiger partial charge in [0, 0.05) is 18.6 Å². The number of hydrogen-bond acceptors (Lipinski definition) is 8. The molecule has 1 fully saturated rings. The maximum absolute atomic E-state index is 11.7. The molecule has 0 amide bonds. The summed E-state index contributed by atoms with van der Waals surface area (Å²) in [4.78, 5) is 11.7. The van der Waals surface area contributed by atoms with Gasteiger partial charge in [0.25, 0.3) is 0 Å². The molecule has 8 heteroatoms. The maximum atomic E-state index is 11.7. The molecule has 0 radical (unpaired) electrons. The quantitative estimate of drug-likeness (QED) is 0.238. The normalized spacial score (nSPS) is 31.8. The van der Waals surface area contributed by atoms with Crippen molar-refractivity contribution in [2.75, 3.05) is 26.4 Å². The topological polar surface area (TPSA) is 126 Å². The SMILES string of the molecule is C=C(CC1O[C@H](CO)[C@H](O)[C@H](O)[C@H]1O)C(=O)OCCOCC. The molecule has 1 aliphatic heterocycles. The summed E-state index contributed by atoms with van der Waals surface area (Å²) < 4.78 is 15.2. The van der Waals surface area contributed by atoms with Gasteiger partial charge in [-0.1, -0.05) is 6.58 Å². The molecule has 22 heavy (non-hydrogen) atoms. The average Bonchev–Trinajstić information content (AvgIpc) is 2.51. The highest BCUT2D eigenvalue weighted by Crippen LogP contribution is 2.25. The van der Waals surface area contributed by atoms with E-state index >= 15 is 0 Å². The molecule has 0 aromatic rings. The summed E-state index contributed by atoms with van der Waals surface area (Å²) in [5.41, 5.74) is 0.0563. The first-order chi connectivity index (χ1) is 10.4. The van der Waals surface area contributed by atoms with E-state index in [0.29, 0.717) is 6.61 Å². The molecule has 0 spiro atoms. The van der Waals surface area contributed by atoms with Crippen LogP contribution in [0.25, 0.3) is 0 Å². The van der Waals surface area contributed by atoms with Gasteiger partial charge >= 0.3 is 5.97 Å². The van der Waals surface area contributed by atoms with E-state index in [-0.39, 0.29) is 25.2 Å². The number of aliphatic hydroxyl groups excluding tert-OH is 4. The van der Waals surface area contributed by atoms with Gasteiger partial charge in [0.1, 0.15) is 31.0 Å². The van der Waals surface area contributed by atoms with Gasteiger partial charge in [0.05, 0.1) is 19.3 Å². The summed E-state index contributed by atoms with van der Waals surface area (Å²) in [5, 5.41) is 38.3. The molecular weight excluding hydrogens is 296 g/mol. The van der Waals surface area contributed by atoms with Crippen molar-refractivity contribution in [2.24, 2.45) is 0 Å². The second-order valence-electron chi connectivity index (χ2n) is 5.01. The van der Waals surface area contributed by atoms with Gasteiger partial charge in [-0.2, -0.15) is 0 Å². The standard InChI is InChI=1S/C14H24O8/c1-3-20-4-5-21-14(19)8(2)6-9-11(16)13(18)12(17)10(7-15)22-9/h9-13,15-18H,2-7H2,1H3/t9?,10-,11+,12+,13-/m1/s1. The summed E-state index contributed by atoms with van der Waals surface area (Å²) >= 11 is 0. The van der Waals surface area contributed by atoms with Crippen molar-refractivity contribution in [2.45, 2.75) is 43.9 Å². The van der Waals surface area contributed by atoms with Crippen molar-refractivity contribution < 1.29 is 39.4 Å². The van der Waals surface area contributed by atoms with E-state index in [1.807, 2.05) is 6.92 Å². The van der Waals surface area contributed by atoms with Crippen molar-refractivity contribution in [3.63, 3.8) is 0 Å². The Morgan fingerprint density at radius 1 is 1.14 bits per heavy atom. The van der Waals surface area contributed by atoms with E-state index in [1.54, 1.807) is 0 Å². The van der Waals surface area contributed by atoms with Crippen molar-refractivity contribution >= 4 is 5.97 Å². The molecule has 128 valence electrons. The van der Waals surface area contributed by atoms with Crippen molar-refractivity contribution in [1.29, 1.82) is 0 Å². The van der Waals surface area contributed by atoms with Crippen molar-refractivity contribution in [1.82, 2.24) is 0 Å². The van der Waals surface area contributed by atoms with Crippen LogP contribution >= 0.6 is 0 Å². The van der Waals surface area contributed by atoms with E-state index in [9.17, 15) is 20.1 Å². The third-order valence-corrected chi connectivity index (χ3v) is 3.39. The van der Waals surface area contributed by atoms with Crippen LogP contribution in [0.2, 0.25) is 0 Å². The Kier molecular flexibility index (Phi) is 7.94. The van der Waals surface area contributed by atoms with Crippen LogP contribution in [0.15, 0.2) is 12.2 Å². The van der Waals surface area contributed by atoms with E-state index in [2.05, 4.69) is 6.58 Å². The number of aliphatic hydroxyl groups is 4. The Bertz CT molecular complexity index is 370. The molecule has 0 saturated carbocycles. The lowest BCUT2D eigenvalue weighted by molar-refractivity contribution is -0.228. The lowest BCUT2D eigenvalue weighted by Crippen LogP contribution is -2.58. The number of carbonyl (C=O) groups is 1. The smallest absolute Gasteiger partial charge is 0.333 e. The molecule has 1 saturated heterocycles. The molecule has 1 heterocycles. The third-order valence-electron chi connectivity index (χ3n) is 3.39. The van der Waals surface area contributed by atoms with Gasteiger partial charge in [0.2, 0.25) is 0 Å². The molecule has 8 nitrogen and oxygen atoms in total. The molecule has 0 bridgehead atoms. The van der Waals surface area contributed by atoms with Crippen molar-refractivity contribution in [3.8, 4) is 0 Å². The van der Waals surface area contributed by atoms with Crippen LogP contribution in [0.3, 0.4) is 0 Å². The third kappa shape index (κ3) is 5.01. The summed E-state index contributed by atoms with van der Waals surface area (Å²) in [6.45, 7) is 5.74. The van der Waals surface area contributed by atoms with Crippen LogP contribution in [-0.4, -0.2) is 83.3 Å².